The minimum atomic E-state index is -0.741. The predicted molar refractivity (Wildman–Crippen MR) is 65.5 cm³/mol. The van der Waals surface area contributed by atoms with Crippen molar-refractivity contribution in [2.75, 3.05) is 6.54 Å². The van der Waals surface area contributed by atoms with Crippen molar-refractivity contribution >= 4 is 5.97 Å². The molecule has 0 aromatic carbocycles. The number of rotatable bonds is 6. The van der Waals surface area contributed by atoms with E-state index in [0.717, 1.165) is 18.9 Å². The molecule has 2 N–H and O–H groups in total. The normalized spacial score (nSPS) is 21.6. The fourth-order valence-corrected chi connectivity index (χ4v) is 2.38. The van der Waals surface area contributed by atoms with Crippen molar-refractivity contribution in [2.24, 2.45) is 5.92 Å². The summed E-state index contributed by atoms with van der Waals surface area (Å²) in [6.45, 7) is 4.53. The van der Waals surface area contributed by atoms with Crippen molar-refractivity contribution in [1.82, 2.24) is 5.32 Å². The fraction of sp³-hybridized carbons (Fsp3) is 0.923. The van der Waals surface area contributed by atoms with Crippen LogP contribution in [0.5, 0.6) is 0 Å². The van der Waals surface area contributed by atoms with Gasteiger partial charge in [0.05, 0.1) is 0 Å². The number of hydrogen-bond acceptors (Lipinski definition) is 2. The zero-order chi connectivity index (χ0) is 12.0. The minimum absolute atomic E-state index is 0.632. The molecule has 3 heteroatoms. The number of nitrogens with one attached hydrogen (secondary N) is 1. The Labute approximate surface area is 98.6 Å². The monoisotopic (exact) mass is 227 g/mol. The van der Waals surface area contributed by atoms with E-state index in [1.807, 2.05) is 6.92 Å². The van der Waals surface area contributed by atoms with Crippen LogP contribution in [-0.2, 0) is 4.79 Å². The van der Waals surface area contributed by atoms with E-state index in [0.29, 0.717) is 6.42 Å². The molecule has 1 aliphatic carbocycles. The highest BCUT2D eigenvalue weighted by atomic mass is 16.4. The van der Waals surface area contributed by atoms with Crippen molar-refractivity contribution in [3.63, 3.8) is 0 Å². The first-order valence-corrected chi connectivity index (χ1v) is 6.57. The first-order chi connectivity index (χ1) is 7.58. The molecule has 0 radical (unpaired) electrons. The maximum absolute atomic E-state index is 11.1. The molecule has 0 amide bonds. The van der Waals surface area contributed by atoms with Gasteiger partial charge in [-0.3, -0.25) is 4.79 Å². The van der Waals surface area contributed by atoms with Gasteiger partial charge in [0, 0.05) is 0 Å². The van der Waals surface area contributed by atoms with Gasteiger partial charge in [-0.1, -0.05) is 39.0 Å². The van der Waals surface area contributed by atoms with Crippen LogP contribution < -0.4 is 5.32 Å². The van der Waals surface area contributed by atoms with Crippen molar-refractivity contribution in [3.05, 3.63) is 0 Å². The summed E-state index contributed by atoms with van der Waals surface area (Å²) >= 11 is 0. The van der Waals surface area contributed by atoms with Crippen LogP contribution in [0.3, 0.4) is 0 Å². The molecule has 1 rings (SSSR count). The summed E-state index contributed by atoms with van der Waals surface area (Å²) < 4.78 is 0. The Bertz CT molecular complexity index is 224. The average Bonchev–Trinajstić information content (AvgIpc) is 2.30. The van der Waals surface area contributed by atoms with E-state index in [4.69, 9.17) is 5.11 Å². The molecule has 1 atom stereocenters. The zero-order valence-corrected chi connectivity index (χ0v) is 10.6. The maximum atomic E-state index is 11.1. The van der Waals surface area contributed by atoms with Gasteiger partial charge in [0.2, 0.25) is 0 Å². The van der Waals surface area contributed by atoms with E-state index < -0.39 is 11.5 Å². The second kappa shape index (κ2) is 6.24. The third-order valence-electron chi connectivity index (χ3n) is 3.97. The van der Waals surface area contributed by atoms with E-state index in [-0.39, 0.29) is 0 Å². The van der Waals surface area contributed by atoms with E-state index >= 15 is 0 Å². The summed E-state index contributed by atoms with van der Waals surface area (Å²) in [6, 6.07) is 0. The van der Waals surface area contributed by atoms with Gasteiger partial charge in [0.15, 0.2) is 0 Å². The number of aliphatic carboxylic acids is 1. The highest BCUT2D eigenvalue weighted by Gasteiger charge is 2.30. The molecule has 0 spiro atoms. The summed E-state index contributed by atoms with van der Waals surface area (Å²) in [5.74, 6) is 0.0785. The lowest BCUT2D eigenvalue weighted by molar-refractivity contribution is -0.144. The first-order valence-electron chi connectivity index (χ1n) is 6.57. The summed E-state index contributed by atoms with van der Waals surface area (Å²) in [5, 5.41) is 12.3. The Hall–Kier alpha value is -0.570. The molecule has 16 heavy (non-hydrogen) atoms. The van der Waals surface area contributed by atoms with Gasteiger partial charge in [-0.05, 0) is 32.2 Å². The smallest absolute Gasteiger partial charge is 0.323 e. The molecule has 1 unspecified atom stereocenters. The molecular formula is C13H25NO2. The number of carboxylic acids is 1. The lowest BCUT2D eigenvalue weighted by Crippen LogP contribution is -2.49. The second-order valence-corrected chi connectivity index (χ2v) is 5.21. The molecule has 1 saturated carbocycles. The Morgan fingerprint density at radius 3 is 2.50 bits per heavy atom. The third kappa shape index (κ3) is 3.78. The zero-order valence-electron chi connectivity index (χ0n) is 10.6. The van der Waals surface area contributed by atoms with Gasteiger partial charge in [-0.2, -0.15) is 0 Å². The molecular weight excluding hydrogens is 202 g/mol. The maximum Gasteiger partial charge on any atom is 0.323 e. The molecule has 1 fully saturated rings. The lowest BCUT2D eigenvalue weighted by Gasteiger charge is -2.27. The van der Waals surface area contributed by atoms with Crippen LogP contribution in [0.4, 0.5) is 0 Å². The van der Waals surface area contributed by atoms with E-state index in [1.165, 1.54) is 32.1 Å². The van der Waals surface area contributed by atoms with Crippen molar-refractivity contribution in [3.8, 4) is 0 Å². The fourth-order valence-electron chi connectivity index (χ4n) is 2.38. The molecule has 0 aromatic heterocycles. The SMILES string of the molecule is CCC(C)(NCCC1CCCCC1)C(=O)O. The van der Waals surface area contributed by atoms with Gasteiger partial charge in [-0.15, -0.1) is 0 Å². The predicted octanol–water partition coefficient (Wildman–Crippen LogP) is 2.80. The molecule has 0 bridgehead atoms. The van der Waals surface area contributed by atoms with Gasteiger partial charge >= 0.3 is 5.97 Å². The van der Waals surface area contributed by atoms with Crippen molar-refractivity contribution in [1.29, 1.82) is 0 Å². The van der Waals surface area contributed by atoms with Crippen molar-refractivity contribution in [2.45, 2.75) is 64.3 Å². The van der Waals surface area contributed by atoms with E-state index in [1.54, 1.807) is 6.92 Å². The van der Waals surface area contributed by atoms with Crippen LogP contribution in [0.25, 0.3) is 0 Å². The van der Waals surface area contributed by atoms with E-state index in [2.05, 4.69) is 5.32 Å². The highest BCUT2D eigenvalue weighted by molar-refractivity contribution is 5.78. The largest absolute Gasteiger partial charge is 0.480 e. The Morgan fingerprint density at radius 1 is 1.38 bits per heavy atom. The highest BCUT2D eigenvalue weighted by Crippen LogP contribution is 2.26. The Balaban J connectivity index is 2.25. The molecule has 0 aromatic rings. The summed E-state index contributed by atoms with van der Waals surface area (Å²) in [7, 11) is 0. The lowest BCUT2D eigenvalue weighted by atomic mass is 9.86. The molecule has 0 aliphatic heterocycles. The van der Waals surface area contributed by atoms with E-state index in [9.17, 15) is 4.79 Å². The van der Waals surface area contributed by atoms with Crippen LogP contribution in [0.1, 0.15) is 58.8 Å². The number of carboxylic acid groups (broad SMARTS) is 1. The molecule has 0 saturated heterocycles. The Morgan fingerprint density at radius 2 is 2.00 bits per heavy atom. The van der Waals surface area contributed by atoms with Gasteiger partial charge in [-0.25, -0.2) is 0 Å². The number of hydrogen-bond donors (Lipinski definition) is 2. The van der Waals surface area contributed by atoms with Crippen LogP contribution >= 0.6 is 0 Å². The van der Waals surface area contributed by atoms with Crippen LogP contribution in [0.2, 0.25) is 0 Å². The minimum Gasteiger partial charge on any atom is -0.480 e. The molecule has 3 nitrogen and oxygen atoms in total. The molecule has 94 valence electrons. The standard InChI is InChI=1S/C13H25NO2/c1-3-13(2,12(15)16)14-10-9-11-7-5-4-6-8-11/h11,14H,3-10H2,1-2H3,(H,15,16). The molecule has 0 heterocycles. The van der Waals surface area contributed by atoms with Gasteiger partial charge < -0.3 is 10.4 Å². The Kier molecular flexibility index (Phi) is 5.26. The molecule has 1 aliphatic rings. The second-order valence-electron chi connectivity index (χ2n) is 5.21. The quantitative estimate of drug-likeness (QED) is 0.733. The average molecular weight is 227 g/mol. The number of carbonyl (C=O) groups is 1. The van der Waals surface area contributed by atoms with Crippen LogP contribution in [0, 0.1) is 5.92 Å². The summed E-state index contributed by atoms with van der Waals surface area (Å²) in [4.78, 5) is 11.1. The topological polar surface area (TPSA) is 49.3 Å². The van der Waals surface area contributed by atoms with Crippen LogP contribution in [-0.4, -0.2) is 23.2 Å². The van der Waals surface area contributed by atoms with Crippen LogP contribution in [0.15, 0.2) is 0 Å². The third-order valence-corrected chi connectivity index (χ3v) is 3.97. The first kappa shape index (κ1) is 13.5. The van der Waals surface area contributed by atoms with Crippen molar-refractivity contribution < 1.29 is 9.90 Å². The van der Waals surface area contributed by atoms with Gasteiger partial charge in [0.25, 0.3) is 0 Å². The summed E-state index contributed by atoms with van der Waals surface area (Å²) in [5.41, 5.74) is -0.741. The van der Waals surface area contributed by atoms with Gasteiger partial charge in [0.1, 0.15) is 5.54 Å². The summed E-state index contributed by atoms with van der Waals surface area (Å²) in [6.07, 6.45) is 8.51.